The Morgan fingerprint density at radius 2 is 2.12 bits per heavy atom. The maximum Gasteiger partial charge on any atom is 0.0589 e. The lowest BCUT2D eigenvalue weighted by Crippen LogP contribution is -2.56. The minimum absolute atomic E-state index is 0.127. The molecule has 0 spiro atoms. The van der Waals surface area contributed by atoms with Crippen molar-refractivity contribution in [3.8, 4) is 0 Å². The number of nitrogens with one attached hydrogen (secondary N) is 1. The van der Waals surface area contributed by atoms with Crippen molar-refractivity contribution < 1.29 is 4.74 Å². The molecule has 0 saturated heterocycles. The molecule has 1 aliphatic rings. The molecule has 0 aromatic carbocycles. The third kappa shape index (κ3) is 4.23. The van der Waals surface area contributed by atoms with E-state index in [9.17, 15) is 0 Å². The lowest BCUT2D eigenvalue weighted by atomic mass is 9.79. The monoisotopic (exact) mass is 242 g/mol. The van der Waals surface area contributed by atoms with Gasteiger partial charge in [-0.2, -0.15) is 0 Å². The molecule has 0 radical (unpaired) electrons. The summed E-state index contributed by atoms with van der Waals surface area (Å²) in [5.74, 6) is 0.779. The zero-order chi connectivity index (χ0) is 12.7. The van der Waals surface area contributed by atoms with Crippen molar-refractivity contribution in [1.82, 2.24) is 5.32 Å². The van der Waals surface area contributed by atoms with Crippen LogP contribution in [-0.4, -0.2) is 31.8 Å². The highest BCUT2D eigenvalue weighted by Gasteiger charge is 2.35. The molecule has 3 nitrogen and oxygen atoms in total. The number of nitrogens with two attached hydrogens (primary N) is 1. The first kappa shape index (κ1) is 14.9. The number of hydrogen-bond donors (Lipinski definition) is 2. The maximum absolute atomic E-state index is 6.01. The second kappa shape index (κ2) is 7.34. The van der Waals surface area contributed by atoms with E-state index in [2.05, 4.69) is 19.2 Å². The van der Waals surface area contributed by atoms with Gasteiger partial charge in [-0.3, -0.25) is 0 Å². The predicted octanol–water partition coefficient (Wildman–Crippen LogP) is 2.30. The number of methoxy groups -OCH3 is 1. The van der Waals surface area contributed by atoms with Crippen LogP contribution < -0.4 is 11.1 Å². The average molecular weight is 242 g/mol. The van der Waals surface area contributed by atoms with Crippen LogP contribution in [0, 0.1) is 5.92 Å². The summed E-state index contributed by atoms with van der Waals surface area (Å²) in [4.78, 5) is 0. The molecule has 0 amide bonds. The number of hydrogen-bond acceptors (Lipinski definition) is 3. The Hall–Kier alpha value is -0.120. The van der Waals surface area contributed by atoms with E-state index in [0.29, 0.717) is 6.10 Å². The van der Waals surface area contributed by atoms with E-state index in [4.69, 9.17) is 10.5 Å². The summed E-state index contributed by atoms with van der Waals surface area (Å²) >= 11 is 0. The smallest absolute Gasteiger partial charge is 0.0589 e. The summed E-state index contributed by atoms with van der Waals surface area (Å²) < 4.78 is 5.51. The van der Waals surface area contributed by atoms with Gasteiger partial charge in [0.25, 0.3) is 0 Å². The van der Waals surface area contributed by atoms with Gasteiger partial charge in [-0.05, 0) is 38.1 Å². The minimum Gasteiger partial charge on any atom is -0.381 e. The van der Waals surface area contributed by atoms with E-state index in [1.165, 1.54) is 32.1 Å². The van der Waals surface area contributed by atoms with Crippen LogP contribution in [-0.2, 0) is 4.74 Å². The molecule has 3 N–H and O–H groups in total. The topological polar surface area (TPSA) is 47.3 Å². The molecule has 1 saturated carbocycles. The summed E-state index contributed by atoms with van der Waals surface area (Å²) in [6.07, 6.45) is 7.57. The van der Waals surface area contributed by atoms with Gasteiger partial charge in [0.2, 0.25) is 0 Å². The Balaban J connectivity index is 2.49. The van der Waals surface area contributed by atoms with Gasteiger partial charge >= 0.3 is 0 Å². The lowest BCUT2D eigenvalue weighted by molar-refractivity contribution is 0.0316. The van der Waals surface area contributed by atoms with Crippen LogP contribution in [0.2, 0.25) is 0 Å². The van der Waals surface area contributed by atoms with E-state index < -0.39 is 0 Å². The molecule has 1 fully saturated rings. The van der Waals surface area contributed by atoms with Crippen molar-refractivity contribution in [3.05, 3.63) is 0 Å². The van der Waals surface area contributed by atoms with Gasteiger partial charge in [-0.25, -0.2) is 0 Å². The van der Waals surface area contributed by atoms with E-state index in [1.807, 2.05) is 7.11 Å². The molecule has 1 rings (SSSR count). The second-order valence-electron chi connectivity index (χ2n) is 5.50. The molecule has 0 aromatic rings. The predicted molar refractivity (Wildman–Crippen MR) is 73.1 cm³/mol. The molecule has 102 valence electrons. The fraction of sp³-hybridized carbons (Fsp3) is 1.00. The highest BCUT2D eigenvalue weighted by Crippen LogP contribution is 2.29. The zero-order valence-corrected chi connectivity index (χ0v) is 11.8. The molecular formula is C14H30N2O. The zero-order valence-electron chi connectivity index (χ0n) is 11.8. The number of rotatable bonds is 7. The van der Waals surface area contributed by atoms with Crippen LogP contribution in [0.25, 0.3) is 0 Å². The Morgan fingerprint density at radius 1 is 1.41 bits per heavy atom. The first-order chi connectivity index (χ1) is 8.19. The van der Waals surface area contributed by atoms with Gasteiger partial charge in [0, 0.05) is 19.2 Å². The molecule has 0 heterocycles. The SMILES string of the molecule is CCC(CC)CNC1(CN)CCCC(OC)C1. The average Bonchev–Trinajstić information content (AvgIpc) is 2.40. The Kier molecular flexibility index (Phi) is 6.45. The maximum atomic E-state index is 6.01. The summed E-state index contributed by atoms with van der Waals surface area (Å²) in [6.45, 7) is 6.36. The van der Waals surface area contributed by atoms with Crippen molar-refractivity contribution in [2.24, 2.45) is 11.7 Å². The molecule has 0 aromatic heterocycles. The van der Waals surface area contributed by atoms with Gasteiger partial charge in [0.05, 0.1) is 6.10 Å². The quantitative estimate of drug-likeness (QED) is 0.720. The van der Waals surface area contributed by atoms with Gasteiger partial charge in [-0.1, -0.05) is 26.7 Å². The lowest BCUT2D eigenvalue weighted by Gasteiger charge is -2.41. The van der Waals surface area contributed by atoms with Crippen LogP contribution >= 0.6 is 0 Å². The normalized spacial score (nSPS) is 29.8. The molecular weight excluding hydrogens is 212 g/mol. The number of ether oxygens (including phenoxy) is 1. The minimum atomic E-state index is 0.127. The van der Waals surface area contributed by atoms with Crippen molar-refractivity contribution in [1.29, 1.82) is 0 Å². The molecule has 2 unspecified atom stereocenters. The third-order valence-corrected chi connectivity index (χ3v) is 4.44. The van der Waals surface area contributed by atoms with E-state index >= 15 is 0 Å². The van der Waals surface area contributed by atoms with Crippen LogP contribution in [0.1, 0.15) is 52.4 Å². The summed E-state index contributed by atoms with van der Waals surface area (Å²) in [5, 5.41) is 3.75. The van der Waals surface area contributed by atoms with Crippen molar-refractivity contribution >= 4 is 0 Å². The Morgan fingerprint density at radius 3 is 2.65 bits per heavy atom. The standard InChI is InChI=1S/C14H30N2O/c1-4-12(5-2)10-16-14(11-15)8-6-7-13(9-14)17-3/h12-13,16H,4-11,15H2,1-3H3. The molecule has 0 aliphatic heterocycles. The second-order valence-corrected chi connectivity index (χ2v) is 5.50. The van der Waals surface area contributed by atoms with Crippen LogP contribution in [0.5, 0.6) is 0 Å². The first-order valence-electron chi connectivity index (χ1n) is 7.17. The Labute approximate surface area is 106 Å². The van der Waals surface area contributed by atoms with Crippen LogP contribution in [0.4, 0.5) is 0 Å². The molecule has 3 heteroatoms. The van der Waals surface area contributed by atoms with Crippen molar-refractivity contribution in [2.45, 2.75) is 64.0 Å². The fourth-order valence-electron chi connectivity index (χ4n) is 2.87. The Bertz CT molecular complexity index is 206. The van der Waals surface area contributed by atoms with Gasteiger partial charge in [0.15, 0.2) is 0 Å². The first-order valence-corrected chi connectivity index (χ1v) is 7.17. The molecule has 1 aliphatic carbocycles. The van der Waals surface area contributed by atoms with E-state index in [1.54, 1.807) is 0 Å². The molecule has 2 atom stereocenters. The van der Waals surface area contributed by atoms with E-state index in [-0.39, 0.29) is 5.54 Å². The van der Waals surface area contributed by atoms with Crippen LogP contribution in [0.15, 0.2) is 0 Å². The fourth-order valence-corrected chi connectivity index (χ4v) is 2.87. The summed E-state index contributed by atoms with van der Waals surface area (Å²) in [6, 6.07) is 0. The van der Waals surface area contributed by atoms with Gasteiger partial charge < -0.3 is 15.8 Å². The summed E-state index contributed by atoms with van der Waals surface area (Å²) in [7, 11) is 1.82. The molecule has 17 heavy (non-hydrogen) atoms. The molecule has 0 bridgehead atoms. The van der Waals surface area contributed by atoms with E-state index in [0.717, 1.165) is 25.4 Å². The van der Waals surface area contributed by atoms with Gasteiger partial charge in [-0.15, -0.1) is 0 Å². The highest BCUT2D eigenvalue weighted by atomic mass is 16.5. The largest absolute Gasteiger partial charge is 0.381 e. The van der Waals surface area contributed by atoms with Crippen LogP contribution in [0.3, 0.4) is 0 Å². The third-order valence-electron chi connectivity index (χ3n) is 4.44. The van der Waals surface area contributed by atoms with Crippen molar-refractivity contribution in [2.75, 3.05) is 20.2 Å². The summed E-state index contributed by atoms with van der Waals surface area (Å²) in [5.41, 5.74) is 6.13. The van der Waals surface area contributed by atoms with Gasteiger partial charge in [0.1, 0.15) is 0 Å². The highest BCUT2D eigenvalue weighted by molar-refractivity contribution is 4.95. The van der Waals surface area contributed by atoms with Crippen molar-refractivity contribution in [3.63, 3.8) is 0 Å².